The highest BCUT2D eigenvalue weighted by Gasteiger charge is 2.56. The largest absolute Gasteiger partial charge is 0.508 e. The van der Waals surface area contributed by atoms with Crippen molar-refractivity contribution in [3.63, 3.8) is 0 Å². The van der Waals surface area contributed by atoms with Gasteiger partial charge in [0.15, 0.2) is 0 Å². The Morgan fingerprint density at radius 2 is 2.06 bits per heavy atom. The molecule has 1 N–H and O–H groups in total. The third-order valence-corrected chi connectivity index (χ3v) is 5.43. The minimum absolute atomic E-state index is 0.168. The molecule has 2 atom stereocenters. The van der Waals surface area contributed by atoms with Gasteiger partial charge in [-0.1, -0.05) is 31.1 Å². The maximum Gasteiger partial charge on any atom is 0.115 e. The summed E-state index contributed by atoms with van der Waals surface area (Å²) in [6.45, 7) is 1.18. The van der Waals surface area contributed by atoms with E-state index in [2.05, 4.69) is 24.1 Å². The maximum atomic E-state index is 9.83. The van der Waals surface area contributed by atoms with E-state index in [0.717, 1.165) is 6.42 Å². The molecule has 2 aliphatic carbocycles. The topological polar surface area (TPSA) is 23.5 Å². The fourth-order valence-corrected chi connectivity index (χ4v) is 4.37. The summed E-state index contributed by atoms with van der Waals surface area (Å²) in [6, 6.07) is 0. The van der Waals surface area contributed by atoms with Gasteiger partial charge in [-0.15, -0.1) is 0 Å². The van der Waals surface area contributed by atoms with Crippen molar-refractivity contribution in [2.75, 3.05) is 13.6 Å². The maximum absolute atomic E-state index is 9.83. The summed E-state index contributed by atoms with van der Waals surface area (Å²) in [6.07, 6.45) is 17.9. The molecule has 0 amide bonds. The van der Waals surface area contributed by atoms with Crippen molar-refractivity contribution in [1.82, 2.24) is 4.90 Å². The van der Waals surface area contributed by atoms with E-state index in [0.29, 0.717) is 11.2 Å². The molecular weight excluding hydrogens is 222 g/mol. The van der Waals surface area contributed by atoms with Crippen molar-refractivity contribution in [2.45, 2.75) is 44.1 Å². The Hall–Kier alpha value is -1.02. The second kappa shape index (κ2) is 4.27. The molecule has 18 heavy (non-hydrogen) atoms. The smallest absolute Gasteiger partial charge is 0.115 e. The summed E-state index contributed by atoms with van der Waals surface area (Å²) >= 11 is 0. The van der Waals surface area contributed by atoms with Gasteiger partial charge in [0.05, 0.1) is 0 Å². The molecule has 0 aromatic carbocycles. The Labute approximate surface area is 110 Å². The van der Waals surface area contributed by atoms with Gasteiger partial charge in [-0.25, -0.2) is 0 Å². The SMILES string of the molecule is CN1CCC23C/C=C/C=C(O)\C=C\C12CCCC3. The normalized spacial score (nSPS) is 46.8. The van der Waals surface area contributed by atoms with Gasteiger partial charge >= 0.3 is 0 Å². The molecule has 3 rings (SSSR count). The van der Waals surface area contributed by atoms with E-state index < -0.39 is 0 Å². The van der Waals surface area contributed by atoms with Crippen LogP contribution in [0.4, 0.5) is 0 Å². The number of hydrogen-bond donors (Lipinski definition) is 1. The molecule has 2 nitrogen and oxygen atoms in total. The molecule has 1 saturated heterocycles. The summed E-state index contributed by atoms with van der Waals surface area (Å²) in [7, 11) is 2.25. The molecule has 2 fully saturated rings. The first-order chi connectivity index (χ1) is 8.69. The van der Waals surface area contributed by atoms with Crippen LogP contribution in [-0.2, 0) is 0 Å². The van der Waals surface area contributed by atoms with Crippen molar-refractivity contribution in [2.24, 2.45) is 5.41 Å². The number of aliphatic hydroxyl groups excluding tert-OH is 1. The van der Waals surface area contributed by atoms with Gasteiger partial charge in [0.25, 0.3) is 0 Å². The van der Waals surface area contributed by atoms with E-state index in [9.17, 15) is 5.11 Å². The van der Waals surface area contributed by atoms with Crippen LogP contribution in [0, 0.1) is 5.41 Å². The summed E-state index contributed by atoms with van der Waals surface area (Å²) in [4.78, 5) is 2.52. The molecular formula is C16H23NO. The molecule has 0 spiro atoms. The number of aliphatic hydroxyl groups is 1. The van der Waals surface area contributed by atoms with Crippen LogP contribution in [0.3, 0.4) is 0 Å². The first-order valence-corrected chi connectivity index (χ1v) is 7.15. The lowest BCUT2D eigenvalue weighted by atomic mass is 9.59. The lowest BCUT2D eigenvalue weighted by Crippen LogP contribution is -2.52. The standard InChI is InChI=1S/C16H23NO/c1-17-13-12-15-8-3-2-6-14(18)7-11-16(15,17)10-5-4-9-15/h2-3,6-7,11,18H,4-5,8-10,12-13H2,1H3/b3-2+,11-7+,14-6+. The highest BCUT2D eigenvalue weighted by atomic mass is 16.3. The number of nitrogens with zero attached hydrogens (tertiary/aromatic N) is 1. The van der Waals surface area contributed by atoms with Crippen LogP contribution in [0.1, 0.15) is 38.5 Å². The molecule has 1 aliphatic heterocycles. The van der Waals surface area contributed by atoms with Gasteiger partial charge < -0.3 is 5.11 Å². The minimum atomic E-state index is 0.168. The predicted molar refractivity (Wildman–Crippen MR) is 74.5 cm³/mol. The van der Waals surface area contributed by atoms with Crippen molar-refractivity contribution in [1.29, 1.82) is 0 Å². The third kappa shape index (κ3) is 1.58. The van der Waals surface area contributed by atoms with E-state index in [1.807, 2.05) is 12.2 Å². The Kier molecular flexibility index (Phi) is 2.86. The molecule has 1 saturated carbocycles. The van der Waals surface area contributed by atoms with Crippen LogP contribution in [0.5, 0.6) is 0 Å². The summed E-state index contributed by atoms with van der Waals surface area (Å²) in [5.41, 5.74) is 0.563. The van der Waals surface area contributed by atoms with Gasteiger partial charge in [0.1, 0.15) is 5.76 Å². The molecule has 0 bridgehead atoms. The van der Waals surface area contributed by atoms with Crippen molar-refractivity contribution in [3.8, 4) is 0 Å². The summed E-state index contributed by atoms with van der Waals surface area (Å²) in [5, 5.41) is 9.83. The highest BCUT2D eigenvalue weighted by molar-refractivity contribution is 5.29. The zero-order valence-corrected chi connectivity index (χ0v) is 11.2. The van der Waals surface area contributed by atoms with Crippen LogP contribution in [0.25, 0.3) is 0 Å². The summed E-state index contributed by atoms with van der Waals surface area (Å²) in [5.74, 6) is 0.377. The van der Waals surface area contributed by atoms with Gasteiger partial charge in [-0.3, -0.25) is 4.90 Å². The van der Waals surface area contributed by atoms with E-state index >= 15 is 0 Å². The van der Waals surface area contributed by atoms with E-state index in [1.54, 1.807) is 6.08 Å². The zero-order valence-electron chi connectivity index (χ0n) is 11.2. The predicted octanol–water partition coefficient (Wildman–Crippen LogP) is 3.58. The minimum Gasteiger partial charge on any atom is -0.508 e. The fourth-order valence-electron chi connectivity index (χ4n) is 4.37. The van der Waals surface area contributed by atoms with Crippen LogP contribution in [0.15, 0.2) is 36.1 Å². The molecule has 2 heteroatoms. The number of allylic oxidation sites excluding steroid dienone is 4. The van der Waals surface area contributed by atoms with Gasteiger partial charge in [-0.05, 0) is 56.8 Å². The lowest BCUT2D eigenvalue weighted by Gasteiger charge is -2.50. The van der Waals surface area contributed by atoms with Crippen LogP contribution in [0.2, 0.25) is 0 Å². The Morgan fingerprint density at radius 1 is 1.22 bits per heavy atom. The molecule has 0 aromatic heterocycles. The first kappa shape index (κ1) is 12.0. The van der Waals surface area contributed by atoms with Gasteiger partial charge in [0.2, 0.25) is 0 Å². The number of likely N-dealkylation sites (tertiary alicyclic amines) is 1. The first-order valence-electron chi connectivity index (χ1n) is 7.15. The van der Waals surface area contributed by atoms with Crippen LogP contribution >= 0.6 is 0 Å². The van der Waals surface area contributed by atoms with Crippen molar-refractivity contribution in [3.05, 3.63) is 36.1 Å². The Bertz CT molecular complexity index is 419. The van der Waals surface area contributed by atoms with Crippen molar-refractivity contribution < 1.29 is 5.11 Å². The Balaban J connectivity index is 2.09. The Morgan fingerprint density at radius 3 is 2.94 bits per heavy atom. The van der Waals surface area contributed by atoms with Crippen molar-refractivity contribution >= 4 is 0 Å². The zero-order chi connectivity index (χ0) is 12.6. The molecule has 3 aliphatic rings. The lowest BCUT2D eigenvalue weighted by molar-refractivity contribution is 0.0500. The van der Waals surface area contributed by atoms with E-state index in [-0.39, 0.29) is 5.54 Å². The molecule has 2 unspecified atom stereocenters. The molecule has 0 aromatic rings. The van der Waals surface area contributed by atoms with Crippen LogP contribution in [-0.4, -0.2) is 29.1 Å². The molecule has 98 valence electrons. The average Bonchev–Trinajstić information content (AvgIpc) is 2.70. The van der Waals surface area contributed by atoms with Crippen LogP contribution < -0.4 is 0 Å². The second-order valence-electron chi connectivity index (χ2n) is 6.14. The quantitative estimate of drug-likeness (QED) is 0.705. The molecule has 0 radical (unpaired) electrons. The van der Waals surface area contributed by atoms with E-state index in [4.69, 9.17) is 0 Å². The summed E-state index contributed by atoms with van der Waals surface area (Å²) < 4.78 is 0. The number of hydrogen-bond acceptors (Lipinski definition) is 2. The van der Waals surface area contributed by atoms with E-state index in [1.165, 1.54) is 38.6 Å². The fraction of sp³-hybridized carbons (Fsp3) is 0.625. The monoisotopic (exact) mass is 245 g/mol. The van der Waals surface area contributed by atoms with Gasteiger partial charge in [-0.2, -0.15) is 0 Å². The third-order valence-electron chi connectivity index (χ3n) is 5.43. The average molecular weight is 245 g/mol. The number of rotatable bonds is 0. The van der Waals surface area contributed by atoms with Gasteiger partial charge in [0, 0.05) is 5.54 Å². The highest BCUT2D eigenvalue weighted by Crippen LogP contribution is 2.57. The second-order valence-corrected chi connectivity index (χ2v) is 6.14. The number of likely N-dealkylation sites (N-methyl/N-ethyl adjacent to an activating group) is 1. The molecule has 1 heterocycles.